The van der Waals surface area contributed by atoms with E-state index in [-0.39, 0.29) is 10.6 Å². The molecule has 0 radical (unpaired) electrons. The van der Waals surface area contributed by atoms with Crippen LogP contribution in [-0.2, 0) is 9.05 Å². The van der Waals surface area contributed by atoms with Crippen molar-refractivity contribution >= 4 is 35.7 Å². The van der Waals surface area contributed by atoms with Crippen molar-refractivity contribution in [2.24, 2.45) is 0 Å². The second-order valence-electron chi connectivity index (χ2n) is 3.68. The fourth-order valence-corrected chi connectivity index (χ4v) is 2.64. The molecule has 0 atom stereocenters. The quantitative estimate of drug-likeness (QED) is 0.771. The van der Waals surface area contributed by atoms with Crippen LogP contribution in [0.4, 0.5) is 0 Å². The molecule has 0 aliphatic rings. The van der Waals surface area contributed by atoms with E-state index in [4.69, 9.17) is 15.4 Å². The molecule has 7 heteroatoms. The summed E-state index contributed by atoms with van der Waals surface area (Å²) in [5.74, 6) is 0.269. The summed E-state index contributed by atoms with van der Waals surface area (Å²) in [6, 6.07) is 4.71. The van der Waals surface area contributed by atoms with E-state index in [9.17, 15) is 8.42 Å². The van der Waals surface area contributed by atoms with Crippen LogP contribution in [0.5, 0.6) is 5.75 Å². The second-order valence-corrected chi connectivity index (χ2v) is 7.13. The van der Waals surface area contributed by atoms with E-state index in [0.717, 1.165) is 0 Å². The maximum atomic E-state index is 11.4. The van der Waals surface area contributed by atoms with Crippen LogP contribution in [0.1, 0.15) is 0 Å². The van der Waals surface area contributed by atoms with E-state index >= 15 is 0 Å². The van der Waals surface area contributed by atoms with Gasteiger partial charge in [0.1, 0.15) is 17.3 Å². The van der Waals surface area contributed by atoms with Gasteiger partial charge < -0.3 is 9.64 Å². The standard InChI is InChI=1S/C10H13BrClNO3S/c1-13(2)5-6-16-9-4-3-8(11)7-10(9)17(12,14)15/h3-4,7H,5-6H2,1-2H3. The van der Waals surface area contributed by atoms with Gasteiger partial charge in [0, 0.05) is 21.7 Å². The number of hydrogen-bond acceptors (Lipinski definition) is 4. The van der Waals surface area contributed by atoms with Gasteiger partial charge in [-0.2, -0.15) is 0 Å². The fourth-order valence-electron chi connectivity index (χ4n) is 1.13. The van der Waals surface area contributed by atoms with Crippen LogP contribution in [-0.4, -0.2) is 40.6 Å². The van der Waals surface area contributed by atoms with Crippen LogP contribution in [0.15, 0.2) is 27.6 Å². The Labute approximate surface area is 114 Å². The van der Waals surface area contributed by atoms with Crippen molar-refractivity contribution in [2.75, 3.05) is 27.2 Å². The van der Waals surface area contributed by atoms with Crippen molar-refractivity contribution in [3.63, 3.8) is 0 Å². The van der Waals surface area contributed by atoms with Crippen LogP contribution < -0.4 is 4.74 Å². The molecule has 0 aromatic heterocycles. The number of rotatable bonds is 5. The van der Waals surface area contributed by atoms with Crippen molar-refractivity contribution < 1.29 is 13.2 Å². The molecule has 0 spiro atoms. The lowest BCUT2D eigenvalue weighted by atomic mass is 10.3. The Morgan fingerprint density at radius 2 is 2.06 bits per heavy atom. The minimum atomic E-state index is -3.80. The first-order valence-electron chi connectivity index (χ1n) is 4.82. The summed E-state index contributed by atoms with van der Waals surface area (Å²) in [4.78, 5) is 1.92. The van der Waals surface area contributed by atoms with E-state index in [1.807, 2.05) is 19.0 Å². The lowest BCUT2D eigenvalue weighted by molar-refractivity contribution is 0.256. The van der Waals surface area contributed by atoms with Gasteiger partial charge in [0.15, 0.2) is 0 Å². The van der Waals surface area contributed by atoms with Crippen LogP contribution >= 0.6 is 26.6 Å². The third-order valence-electron chi connectivity index (χ3n) is 1.96. The first kappa shape index (κ1) is 14.8. The fraction of sp³-hybridized carbons (Fsp3) is 0.400. The summed E-state index contributed by atoms with van der Waals surface area (Å²) in [5.41, 5.74) is 0. The molecule has 17 heavy (non-hydrogen) atoms. The lowest BCUT2D eigenvalue weighted by Crippen LogP contribution is -2.19. The molecule has 0 fully saturated rings. The van der Waals surface area contributed by atoms with Gasteiger partial charge in [-0.15, -0.1) is 0 Å². The Morgan fingerprint density at radius 3 is 2.59 bits per heavy atom. The summed E-state index contributed by atoms with van der Waals surface area (Å²) in [7, 11) is 5.35. The highest BCUT2D eigenvalue weighted by Gasteiger charge is 2.17. The highest BCUT2D eigenvalue weighted by atomic mass is 79.9. The van der Waals surface area contributed by atoms with Gasteiger partial charge in [-0.05, 0) is 32.3 Å². The summed E-state index contributed by atoms with van der Waals surface area (Å²) in [6.07, 6.45) is 0. The summed E-state index contributed by atoms with van der Waals surface area (Å²) >= 11 is 3.19. The molecule has 4 nitrogen and oxygen atoms in total. The van der Waals surface area contributed by atoms with E-state index in [1.165, 1.54) is 6.07 Å². The van der Waals surface area contributed by atoms with E-state index in [0.29, 0.717) is 17.6 Å². The lowest BCUT2D eigenvalue weighted by Gasteiger charge is -2.13. The third-order valence-corrected chi connectivity index (χ3v) is 3.80. The molecular weight excluding hydrogens is 330 g/mol. The van der Waals surface area contributed by atoms with Gasteiger partial charge in [0.25, 0.3) is 9.05 Å². The van der Waals surface area contributed by atoms with Crippen LogP contribution in [0.25, 0.3) is 0 Å². The zero-order chi connectivity index (χ0) is 13.1. The summed E-state index contributed by atoms with van der Waals surface area (Å²) in [5, 5.41) is 0. The normalized spacial score (nSPS) is 11.8. The predicted octanol–water partition coefficient (Wildman–Crippen LogP) is 2.32. The van der Waals surface area contributed by atoms with Crippen molar-refractivity contribution in [2.45, 2.75) is 4.90 Å². The van der Waals surface area contributed by atoms with Crippen LogP contribution in [0.3, 0.4) is 0 Å². The minimum absolute atomic E-state index is 0.0210. The van der Waals surface area contributed by atoms with Gasteiger partial charge in [-0.25, -0.2) is 8.42 Å². The van der Waals surface area contributed by atoms with Gasteiger partial charge in [0.05, 0.1) is 0 Å². The number of benzene rings is 1. The molecule has 96 valence electrons. The first-order chi connectivity index (χ1) is 7.80. The average molecular weight is 343 g/mol. The molecule has 0 unspecified atom stereocenters. The maximum absolute atomic E-state index is 11.4. The number of likely N-dealkylation sites (N-methyl/N-ethyl adjacent to an activating group) is 1. The Morgan fingerprint density at radius 1 is 1.41 bits per heavy atom. The monoisotopic (exact) mass is 341 g/mol. The number of halogens is 2. The van der Waals surface area contributed by atoms with Gasteiger partial charge >= 0.3 is 0 Å². The highest BCUT2D eigenvalue weighted by molar-refractivity contribution is 9.10. The number of nitrogens with zero attached hydrogens (tertiary/aromatic N) is 1. The van der Waals surface area contributed by atoms with Crippen molar-refractivity contribution in [1.82, 2.24) is 4.90 Å². The zero-order valence-corrected chi connectivity index (χ0v) is 12.6. The third kappa shape index (κ3) is 4.83. The van der Waals surface area contributed by atoms with Crippen molar-refractivity contribution in [1.29, 1.82) is 0 Å². The SMILES string of the molecule is CN(C)CCOc1ccc(Br)cc1S(=O)(=O)Cl. The molecule has 0 bridgehead atoms. The molecule has 1 aromatic rings. The van der Waals surface area contributed by atoms with E-state index in [2.05, 4.69) is 15.9 Å². The molecule has 1 aromatic carbocycles. The zero-order valence-electron chi connectivity index (χ0n) is 9.48. The largest absolute Gasteiger partial charge is 0.491 e. The topological polar surface area (TPSA) is 46.6 Å². The highest BCUT2D eigenvalue weighted by Crippen LogP contribution is 2.29. The van der Waals surface area contributed by atoms with E-state index < -0.39 is 9.05 Å². The first-order valence-corrected chi connectivity index (χ1v) is 7.92. The van der Waals surface area contributed by atoms with Crippen LogP contribution in [0.2, 0.25) is 0 Å². The number of hydrogen-bond donors (Lipinski definition) is 0. The Kier molecular flexibility index (Phi) is 5.24. The van der Waals surface area contributed by atoms with Crippen LogP contribution in [0, 0.1) is 0 Å². The molecule has 0 aliphatic carbocycles. The second kappa shape index (κ2) is 6.04. The number of ether oxygens (including phenoxy) is 1. The molecule has 0 saturated heterocycles. The van der Waals surface area contributed by atoms with Crippen molar-refractivity contribution in [3.8, 4) is 5.75 Å². The van der Waals surface area contributed by atoms with Gasteiger partial charge in [-0.3, -0.25) is 0 Å². The maximum Gasteiger partial charge on any atom is 0.265 e. The van der Waals surface area contributed by atoms with E-state index in [1.54, 1.807) is 12.1 Å². The Balaban J connectivity index is 2.92. The smallest absolute Gasteiger partial charge is 0.265 e. The minimum Gasteiger partial charge on any atom is -0.491 e. The Bertz CT molecular complexity index is 490. The molecule has 0 heterocycles. The predicted molar refractivity (Wildman–Crippen MR) is 71.2 cm³/mol. The molecule has 1 rings (SSSR count). The van der Waals surface area contributed by atoms with Gasteiger partial charge in [-0.1, -0.05) is 15.9 Å². The summed E-state index contributed by atoms with van der Waals surface area (Å²) < 4.78 is 28.8. The molecular formula is C10H13BrClNO3S. The molecule has 0 saturated carbocycles. The average Bonchev–Trinajstić information content (AvgIpc) is 2.18. The summed E-state index contributed by atoms with van der Waals surface area (Å²) in [6.45, 7) is 1.09. The molecule has 0 N–H and O–H groups in total. The Hall–Kier alpha value is -0.300. The molecule has 0 aliphatic heterocycles. The molecule has 0 amide bonds. The van der Waals surface area contributed by atoms with Gasteiger partial charge in [0.2, 0.25) is 0 Å². The van der Waals surface area contributed by atoms with Crippen molar-refractivity contribution in [3.05, 3.63) is 22.7 Å².